The molecular formula is C29H30N2O4. The van der Waals surface area contributed by atoms with Crippen LogP contribution in [0.5, 0.6) is 17.2 Å². The quantitative estimate of drug-likeness (QED) is 0.372. The number of rotatable bonds is 7. The summed E-state index contributed by atoms with van der Waals surface area (Å²) in [6.45, 7) is 1.79. The number of aromatic amines is 1. The summed E-state index contributed by atoms with van der Waals surface area (Å²) >= 11 is 0. The van der Waals surface area contributed by atoms with Crippen molar-refractivity contribution in [1.29, 1.82) is 0 Å². The number of likely N-dealkylation sites (tertiary alicyclic amines) is 1. The van der Waals surface area contributed by atoms with E-state index in [9.17, 15) is 4.79 Å². The number of carbonyl (C=O) groups excluding carboxylic acids is 1. The molecule has 1 amide bonds. The minimum absolute atomic E-state index is 0.0198. The number of benzene rings is 3. The van der Waals surface area contributed by atoms with E-state index in [4.69, 9.17) is 14.2 Å². The van der Waals surface area contributed by atoms with Crippen LogP contribution < -0.4 is 14.2 Å². The van der Waals surface area contributed by atoms with E-state index in [2.05, 4.69) is 29.4 Å². The van der Waals surface area contributed by atoms with E-state index in [1.807, 2.05) is 41.3 Å². The maximum atomic E-state index is 13.4. The molecule has 1 saturated heterocycles. The van der Waals surface area contributed by atoms with E-state index < -0.39 is 0 Å². The minimum Gasteiger partial charge on any atom is -0.493 e. The van der Waals surface area contributed by atoms with Crippen LogP contribution in [-0.2, 0) is 6.61 Å². The van der Waals surface area contributed by atoms with Gasteiger partial charge in [0, 0.05) is 35.8 Å². The highest BCUT2D eigenvalue weighted by atomic mass is 16.5. The van der Waals surface area contributed by atoms with Gasteiger partial charge >= 0.3 is 0 Å². The molecule has 2 heterocycles. The van der Waals surface area contributed by atoms with Crippen LogP contribution in [0, 0.1) is 0 Å². The summed E-state index contributed by atoms with van der Waals surface area (Å²) in [5.41, 5.74) is 4.08. The Labute approximate surface area is 205 Å². The van der Waals surface area contributed by atoms with Gasteiger partial charge in [0.25, 0.3) is 5.91 Å². The molecule has 0 atom stereocenters. The zero-order valence-corrected chi connectivity index (χ0v) is 20.1. The predicted molar refractivity (Wildman–Crippen MR) is 136 cm³/mol. The summed E-state index contributed by atoms with van der Waals surface area (Å²) in [5.74, 6) is 1.88. The Morgan fingerprint density at radius 3 is 2.29 bits per heavy atom. The van der Waals surface area contributed by atoms with Gasteiger partial charge in [0.15, 0.2) is 11.5 Å². The van der Waals surface area contributed by atoms with E-state index in [1.54, 1.807) is 26.4 Å². The third-order valence-corrected chi connectivity index (χ3v) is 6.78. The van der Waals surface area contributed by atoms with Gasteiger partial charge in [-0.25, -0.2) is 0 Å². The first-order chi connectivity index (χ1) is 17.2. The molecule has 0 aliphatic carbocycles. The van der Waals surface area contributed by atoms with Gasteiger partial charge in [0.1, 0.15) is 6.61 Å². The summed E-state index contributed by atoms with van der Waals surface area (Å²) in [6, 6.07) is 21.8. The van der Waals surface area contributed by atoms with Crippen molar-refractivity contribution in [2.75, 3.05) is 27.3 Å². The van der Waals surface area contributed by atoms with Crippen LogP contribution in [0.25, 0.3) is 10.9 Å². The van der Waals surface area contributed by atoms with Crippen LogP contribution in [-0.4, -0.2) is 43.1 Å². The predicted octanol–water partition coefficient (Wildman–Crippen LogP) is 5.78. The lowest BCUT2D eigenvalue weighted by Gasteiger charge is -2.32. The average Bonchev–Trinajstić information content (AvgIpc) is 3.36. The number of fused-ring (bicyclic) bond motifs is 1. The van der Waals surface area contributed by atoms with Crippen molar-refractivity contribution < 1.29 is 19.0 Å². The first-order valence-corrected chi connectivity index (χ1v) is 12.0. The number of carbonyl (C=O) groups is 1. The number of H-pyrrole nitrogens is 1. The van der Waals surface area contributed by atoms with E-state index in [-0.39, 0.29) is 5.91 Å². The number of aromatic nitrogens is 1. The van der Waals surface area contributed by atoms with Crippen LogP contribution in [0.4, 0.5) is 0 Å². The van der Waals surface area contributed by atoms with Crippen molar-refractivity contribution in [2.45, 2.75) is 25.4 Å². The molecule has 1 aliphatic heterocycles. The van der Waals surface area contributed by atoms with Crippen molar-refractivity contribution in [3.63, 3.8) is 0 Å². The molecule has 0 bridgehead atoms. The number of hydrogen-bond acceptors (Lipinski definition) is 4. The molecule has 0 spiro atoms. The SMILES string of the molecule is COc1cc(C(=O)N2CCC(c3c[nH]c4ccccc34)CC2)cc(OC)c1OCc1ccccc1. The average molecular weight is 471 g/mol. The van der Waals surface area contributed by atoms with Gasteiger partial charge in [-0.05, 0) is 48.1 Å². The third-order valence-electron chi connectivity index (χ3n) is 6.78. The first kappa shape index (κ1) is 22.8. The molecule has 35 heavy (non-hydrogen) atoms. The van der Waals surface area contributed by atoms with Crippen molar-refractivity contribution >= 4 is 16.8 Å². The summed E-state index contributed by atoms with van der Waals surface area (Å²) < 4.78 is 17.2. The lowest BCUT2D eigenvalue weighted by molar-refractivity contribution is 0.0712. The van der Waals surface area contributed by atoms with Crippen molar-refractivity contribution in [2.24, 2.45) is 0 Å². The Hall–Kier alpha value is -3.93. The highest BCUT2D eigenvalue weighted by Gasteiger charge is 2.27. The fourth-order valence-corrected chi connectivity index (χ4v) is 4.88. The fraction of sp³-hybridized carbons (Fsp3) is 0.276. The molecule has 1 fully saturated rings. The third kappa shape index (κ3) is 4.69. The zero-order valence-electron chi connectivity index (χ0n) is 20.1. The summed E-state index contributed by atoms with van der Waals surface area (Å²) in [5, 5.41) is 1.28. The van der Waals surface area contributed by atoms with Gasteiger partial charge in [-0.1, -0.05) is 48.5 Å². The molecule has 4 aromatic rings. The Balaban J connectivity index is 1.30. The summed E-state index contributed by atoms with van der Waals surface area (Å²) in [6.07, 6.45) is 3.98. The van der Waals surface area contributed by atoms with E-state index in [1.165, 1.54) is 10.9 Å². The second kappa shape index (κ2) is 10.1. The normalized spacial score (nSPS) is 14.2. The lowest BCUT2D eigenvalue weighted by Crippen LogP contribution is -2.37. The number of methoxy groups -OCH3 is 2. The second-order valence-corrected chi connectivity index (χ2v) is 8.84. The standard InChI is InChI=1S/C29H30N2O4/c1-33-26-16-22(17-27(34-2)28(26)35-19-20-8-4-3-5-9-20)29(32)31-14-12-21(13-15-31)24-18-30-25-11-7-6-10-23(24)25/h3-11,16-18,21,30H,12-15,19H2,1-2H3. The fourth-order valence-electron chi connectivity index (χ4n) is 4.88. The number of amides is 1. The first-order valence-electron chi connectivity index (χ1n) is 12.0. The summed E-state index contributed by atoms with van der Waals surface area (Å²) in [4.78, 5) is 18.7. The van der Waals surface area contributed by atoms with E-state index in [0.29, 0.717) is 48.4 Å². The van der Waals surface area contributed by atoms with Gasteiger partial charge < -0.3 is 24.1 Å². The highest BCUT2D eigenvalue weighted by Crippen LogP contribution is 2.40. The molecule has 5 rings (SSSR count). The molecule has 1 N–H and O–H groups in total. The second-order valence-electron chi connectivity index (χ2n) is 8.84. The topological polar surface area (TPSA) is 63.8 Å². The van der Waals surface area contributed by atoms with Gasteiger partial charge in [-0.3, -0.25) is 4.79 Å². The maximum Gasteiger partial charge on any atom is 0.254 e. The van der Waals surface area contributed by atoms with Crippen LogP contribution in [0.15, 0.2) is 72.9 Å². The lowest BCUT2D eigenvalue weighted by atomic mass is 9.89. The maximum absolute atomic E-state index is 13.4. The number of nitrogens with zero attached hydrogens (tertiary/aromatic N) is 1. The summed E-state index contributed by atoms with van der Waals surface area (Å²) in [7, 11) is 3.15. The van der Waals surface area contributed by atoms with Crippen LogP contribution in [0.1, 0.15) is 40.2 Å². The zero-order chi connectivity index (χ0) is 24.2. The Kier molecular flexibility index (Phi) is 6.62. The van der Waals surface area contributed by atoms with Crippen molar-refractivity contribution in [1.82, 2.24) is 9.88 Å². The number of para-hydroxylation sites is 1. The molecule has 0 radical (unpaired) electrons. The minimum atomic E-state index is -0.0198. The molecule has 1 aliphatic rings. The highest BCUT2D eigenvalue weighted by molar-refractivity contribution is 5.95. The number of nitrogens with one attached hydrogen (secondary N) is 1. The van der Waals surface area contributed by atoms with E-state index in [0.717, 1.165) is 23.9 Å². The number of piperidine rings is 1. The smallest absolute Gasteiger partial charge is 0.254 e. The molecule has 6 heteroatoms. The van der Waals surface area contributed by atoms with Gasteiger partial charge in [-0.2, -0.15) is 0 Å². The molecule has 180 valence electrons. The molecule has 3 aromatic carbocycles. The largest absolute Gasteiger partial charge is 0.493 e. The van der Waals surface area contributed by atoms with Crippen LogP contribution >= 0.6 is 0 Å². The monoisotopic (exact) mass is 470 g/mol. The molecule has 0 saturated carbocycles. The van der Waals surface area contributed by atoms with Gasteiger partial charge in [-0.15, -0.1) is 0 Å². The molecular weight excluding hydrogens is 440 g/mol. The van der Waals surface area contributed by atoms with Crippen LogP contribution in [0.2, 0.25) is 0 Å². The van der Waals surface area contributed by atoms with Gasteiger partial charge in [0.2, 0.25) is 5.75 Å². The van der Waals surface area contributed by atoms with Gasteiger partial charge in [0.05, 0.1) is 14.2 Å². The Morgan fingerprint density at radius 1 is 0.943 bits per heavy atom. The number of ether oxygens (including phenoxy) is 3. The Morgan fingerprint density at radius 2 is 1.60 bits per heavy atom. The Bertz CT molecular complexity index is 1280. The molecule has 6 nitrogen and oxygen atoms in total. The van der Waals surface area contributed by atoms with Crippen molar-refractivity contribution in [3.05, 3.63) is 89.6 Å². The van der Waals surface area contributed by atoms with E-state index >= 15 is 0 Å². The van der Waals surface area contributed by atoms with Crippen LogP contribution in [0.3, 0.4) is 0 Å². The number of hydrogen-bond donors (Lipinski definition) is 1. The molecule has 1 aromatic heterocycles. The van der Waals surface area contributed by atoms with Crippen molar-refractivity contribution in [3.8, 4) is 17.2 Å². The molecule has 0 unspecified atom stereocenters.